The normalized spacial score (nSPS) is 16.3. The molecule has 0 bridgehead atoms. The predicted molar refractivity (Wildman–Crippen MR) is 114 cm³/mol. The first-order valence-corrected chi connectivity index (χ1v) is 10.5. The van der Waals surface area contributed by atoms with Crippen molar-refractivity contribution in [2.24, 2.45) is 0 Å². The van der Waals surface area contributed by atoms with E-state index in [1.165, 1.54) is 7.11 Å². The topological polar surface area (TPSA) is 84.0 Å². The van der Waals surface area contributed by atoms with Gasteiger partial charge in [0.15, 0.2) is 5.75 Å². The summed E-state index contributed by atoms with van der Waals surface area (Å²) in [6.07, 6.45) is 2.62. The van der Waals surface area contributed by atoms with Crippen molar-refractivity contribution in [1.29, 1.82) is 0 Å². The van der Waals surface area contributed by atoms with Crippen LogP contribution >= 0.6 is 0 Å². The molecule has 2 aromatic rings. The molecule has 0 saturated carbocycles. The van der Waals surface area contributed by atoms with Crippen molar-refractivity contribution in [3.05, 3.63) is 47.2 Å². The first-order chi connectivity index (χ1) is 14.4. The number of hydrogen-bond acceptors (Lipinski definition) is 6. The molecule has 30 heavy (non-hydrogen) atoms. The van der Waals surface area contributed by atoms with Gasteiger partial charge >= 0.3 is 6.16 Å². The molecule has 1 aromatic heterocycles. The molecule has 3 rings (SSSR count). The van der Waals surface area contributed by atoms with Crippen LogP contribution in [0.4, 0.5) is 4.79 Å². The number of aryl methyl sites for hydroxylation is 1. The third kappa shape index (κ3) is 5.34. The van der Waals surface area contributed by atoms with E-state index in [1.807, 2.05) is 44.2 Å². The smallest absolute Gasteiger partial charge is 0.488 e. The molecule has 0 aliphatic carbocycles. The third-order valence-corrected chi connectivity index (χ3v) is 5.87. The number of carbonyl (C=O) groups excluding carboxylic acids is 1. The Morgan fingerprint density at radius 3 is 2.53 bits per heavy atom. The van der Waals surface area contributed by atoms with Gasteiger partial charge in [0.25, 0.3) is 0 Å². The Labute approximate surface area is 177 Å². The molecule has 0 atom stereocenters. The van der Waals surface area contributed by atoms with Gasteiger partial charge in [-0.15, -0.1) is 0 Å². The SMILES string of the molecule is COC(=O)Oc1[nH]c(C)c(C)c1OCCCCN1CCC(O)(c2ccccc2)CC1. The van der Waals surface area contributed by atoms with Crippen LogP contribution in [0.25, 0.3) is 0 Å². The highest BCUT2D eigenvalue weighted by Crippen LogP contribution is 2.34. The summed E-state index contributed by atoms with van der Waals surface area (Å²) in [6.45, 7) is 7.12. The van der Waals surface area contributed by atoms with Crippen molar-refractivity contribution in [3.8, 4) is 11.6 Å². The molecule has 1 fully saturated rings. The van der Waals surface area contributed by atoms with Gasteiger partial charge in [-0.2, -0.15) is 0 Å². The summed E-state index contributed by atoms with van der Waals surface area (Å²) in [5, 5.41) is 10.9. The van der Waals surface area contributed by atoms with Crippen LogP contribution in [0.5, 0.6) is 11.6 Å². The van der Waals surface area contributed by atoms with Crippen LogP contribution in [0.15, 0.2) is 30.3 Å². The van der Waals surface area contributed by atoms with E-state index in [9.17, 15) is 9.90 Å². The van der Waals surface area contributed by atoms with Crippen molar-refractivity contribution in [2.75, 3.05) is 33.4 Å². The number of nitrogens with zero attached hydrogens (tertiary/aromatic N) is 1. The number of methoxy groups -OCH3 is 1. The van der Waals surface area contributed by atoms with Crippen LogP contribution in [-0.4, -0.2) is 54.5 Å². The highest BCUT2D eigenvalue weighted by Gasteiger charge is 2.33. The monoisotopic (exact) mass is 416 g/mol. The average Bonchev–Trinajstić information content (AvgIpc) is 3.02. The number of aromatic amines is 1. The minimum Gasteiger partial charge on any atom is -0.488 e. The van der Waals surface area contributed by atoms with Crippen LogP contribution < -0.4 is 9.47 Å². The number of nitrogens with one attached hydrogen (secondary N) is 1. The minimum absolute atomic E-state index is 0.285. The predicted octanol–water partition coefficient (Wildman–Crippen LogP) is 3.92. The number of hydrogen-bond donors (Lipinski definition) is 2. The fourth-order valence-electron chi connectivity index (χ4n) is 3.83. The van der Waals surface area contributed by atoms with Crippen molar-refractivity contribution >= 4 is 6.16 Å². The summed E-state index contributed by atoms with van der Waals surface area (Å²) < 4.78 is 15.6. The molecule has 1 aliphatic rings. The lowest BCUT2D eigenvalue weighted by atomic mass is 9.84. The van der Waals surface area contributed by atoms with Crippen molar-refractivity contribution < 1.29 is 24.1 Å². The summed E-state index contributed by atoms with van der Waals surface area (Å²) in [4.78, 5) is 16.8. The molecule has 7 heteroatoms. The third-order valence-electron chi connectivity index (χ3n) is 5.87. The van der Waals surface area contributed by atoms with Crippen LogP contribution in [0.1, 0.15) is 42.5 Å². The Morgan fingerprint density at radius 1 is 1.17 bits per heavy atom. The van der Waals surface area contributed by atoms with Gasteiger partial charge in [-0.1, -0.05) is 30.3 Å². The van der Waals surface area contributed by atoms with Gasteiger partial charge in [-0.05, 0) is 51.6 Å². The summed E-state index contributed by atoms with van der Waals surface area (Å²) in [6, 6.07) is 9.96. The van der Waals surface area contributed by atoms with Crippen molar-refractivity contribution in [3.63, 3.8) is 0 Å². The standard InChI is InChI=1S/C23H32N2O5/c1-17-18(2)24-21(30-22(26)28-3)20(17)29-16-8-7-13-25-14-11-23(27,12-15-25)19-9-5-4-6-10-19/h4-6,9-10,24,27H,7-8,11-16H2,1-3H3. The van der Waals surface area contributed by atoms with Crippen LogP contribution in [0.2, 0.25) is 0 Å². The molecule has 0 radical (unpaired) electrons. The Bertz CT molecular complexity index is 826. The number of carbonyl (C=O) groups is 1. The molecule has 164 valence electrons. The van der Waals surface area contributed by atoms with E-state index in [0.717, 1.165) is 62.1 Å². The molecule has 7 nitrogen and oxygen atoms in total. The lowest BCUT2D eigenvalue weighted by Gasteiger charge is -2.38. The first kappa shape index (κ1) is 22.2. The molecule has 0 amide bonds. The van der Waals surface area contributed by atoms with Crippen molar-refractivity contribution in [1.82, 2.24) is 9.88 Å². The Morgan fingerprint density at radius 2 is 1.87 bits per heavy atom. The maximum absolute atomic E-state index is 11.4. The Balaban J connectivity index is 1.40. The zero-order valence-corrected chi connectivity index (χ0v) is 18.1. The second-order valence-electron chi connectivity index (χ2n) is 7.88. The molecule has 2 heterocycles. The maximum Gasteiger partial charge on any atom is 0.514 e. The second-order valence-corrected chi connectivity index (χ2v) is 7.88. The zero-order chi connectivity index (χ0) is 21.6. The number of unbranched alkanes of at least 4 members (excludes halogenated alkanes) is 1. The van der Waals surface area contributed by atoms with E-state index in [0.29, 0.717) is 12.4 Å². The molecule has 0 unspecified atom stereocenters. The number of aliphatic hydroxyl groups is 1. The number of ether oxygens (including phenoxy) is 3. The summed E-state index contributed by atoms with van der Waals surface area (Å²) in [5.41, 5.74) is 2.12. The van der Waals surface area contributed by atoms with E-state index < -0.39 is 11.8 Å². The number of H-pyrrole nitrogens is 1. The van der Waals surface area contributed by atoms with E-state index in [-0.39, 0.29) is 5.88 Å². The molecule has 1 aliphatic heterocycles. The second kappa shape index (κ2) is 10.00. The largest absolute Gasteiger partial charge is 0.514 e. The lowest BCUT2D eigenvalue weighted by Crippen LogP contribution is -2.42. The number of benzene rings is 1. The van der Waals surface area contributed by atoms with Crippen LogP contribution in [0.3, 0.4) is 0 Å². The van der Waals surface area contributed by atoms with Gasteiger partial charge < -0.3 is 29.2 Å². The maximum atomic E-state index is 11.4. The van der Waals surface area contributed by atoms with Gasteiger partial charge in [0.05, 0.1) is 19.3 Å². The minimum atomic E-state index is -0.776. The Kier molecular flexibility index (Phi) is 7.39. The van der Waals surface area contributed by atoms with E-state index in [1.54, 1.807) is 0 Å². The van der Waals surface area contributed by atoms with Crippen LogP contribution in [-0.2, 0) is 10.3 Å². The molecular weight excluding hydrogens is 384 g/mol. The Hall–Kier alpha value is -2.51. The number of rotatable bonds is 8. The lowest BCUT2D eigenvalue weighted by molar-refractivity contribution is -0.0262. The quantitative estimate of drug-likeness (QED) is 0.501. The molecule has 1 aromatic carbocycles. The summed E-state index contributed by atoms with van der Waals surface area (Å²) in [7, 11) is 1.27. The molecule has 1 saturated heterocycles. The summed E-state index contributed by atoms with van der Waals surface area (Å²) >= 11 is 0. The first-order valence-electron chi connectivity index (χ1n) is 10.5. The van der Waals surface area contributed by atoms with Crippen LogP contribution in [0, 0.1) is 13.8 Å². The highest BCUT2D eigenvalue weighted by atomic mass is 16.7. The molecular formula is C23H32N2O5. The van der Waals surface area contributed by atoms with Gasteiger partial charge in [0.2, 0.25) is 5.88 Å². The van der Waals surface area contributed by atoms with Gasteiger partial charge in [0, 0.05) is 24.3 Å². The molecule has 0 spiro atoms. The number of likely N-dealkylation sites (tertiary alicyclic amines) is 1. The highest BCUT2D eigenvalue weighted by molar-refractivity contribution is 5.65. The molecule has 2 N–H and O–H groups in total. The zero-order valence-electron chi connectivity index (χ0n) is 18.1. The van der Waals surface area contributed by atoms with Gasteiger partial charge in [0.1, 0.15) is 0 Å². The number of aromatic nitrogens is 1. The number of piperidine rings is 1. The van der Waals surface area contributed by atoms with Gasteiger partial charge in [-0.25, -0.2) is 4.79 Å². The van der Waals surface area contributed by atoms with E-state index in [4.69, 9.17) is 9.47 Å². The van der Waals surface area contributed by atoms with Gasteiger partial charge in [-0.3, -0.25) is 0 Å². The summed E-state index contributed by atoms with van der Waals surface area (Å²) in [5.74, 6) is 0.844. The average molecular weight is 417 g/mol. The van der Waals surface area contributed by atoms with E-state index >= 15 is 0 Å². The fourth-order valence-corrected chi connectivity index (χ4v) is 3.83. The van der Waals surface area contributed by atoms with E-state index in [2.05, 4.69) is 14.6 Å². The van der Waals surface area contributed by atoms with Crippen molar-refractivity contribution in [2.45, 2.75) is 45.1 Å². The fraction of sp³-hybridized carbons (Fsp3) is 0.522.